The average molecular weight is 221 g/mol. The second-order valence-corrected chi connectivity index (χ2v) is 4.92. The third kappa shape index (κ3) is 6.50. The van der Waals surface area contributed by atoms with Crippen molar-refractivity contribution in [2.75, 3.05) is 34.0 Å². The summed E-state index contributed by atoms with van der Waals surface area (Å²) < 4.78 is 15.9. The van der Waals surface area contributed by atoms with Crippen molar-refractivity contribution < 1.29 is 14.2 Å². The molecule has 0 aromatic heterocycles. The Morgan fingerprint density at radius 1 is 1.14 bits per heavy atom. The fourth-order valence-corrected chi connectivity index (χ4v) is 1.42. The lowest BCUT2D eigenvalue weighted by atomic mass is 10.3. The standard InChI is InChI=1S/C9H23NO3Si/c1-11-9(14,12-2)5-3-7-13-8-4-6-10/h3-8,10H2,1-2,14H3. The van der Waals surface area contributed by atoms with Gasteiger partial charge < -0.3 is 19.9 Å². The molecule has 0 amide bonds. The number of nitrogens with two attached hydrogens (primary N) is 1. The molecule has 0 saturated heterocycles. The third-order valence-corrected chi connectivity index (χ3v) is 3.59. The molecular formula is C9H23NO3Si. The van der Waals surface area contributed by atoms with E-state index in [0.717, 1.165) is 42.7 Å². The van der Waals surface area contributed by atoms with E-state index < -0.39 is 0 Å². The zero-order valence-electron chi connectivity index (χ0n) is 9.54. The van der Waals surface area contributed by atoms with E-state index in [4.69, 9.17) is 19.9 Å². The Hall–Kier alpha value is 0.0569. The van der Waals surface area contributed by atoms with Crippen molar-refractivity contribution in [1.82, 2.24) is 0 Å². The Morgan fingerprint density at radius 3 is 2.21 bits per heavy atom. The Balaban J connectivity index is 3.34. The number of methoxy groups -OCH3 is 2. The molecule has 0 spiro atoms. The summed E-state index contributed by atoms with van der Waals surface area (Å²) in [5, 5.41) is 0. The second-order valence-electron chi connectivity index (χ2n) is 3.40. The van der Waals surface area contributed by atoms with Crippen molar-refractivity contribution in [3.63, 3.8) is 0 Å². The van der Waals surface area contributed by atoms with Gasteiger partial charge in [-0.15, -0.1) is 0 Å². The molecule has 0 radical (unpaired) electrons. The summed E-state index contributed by atoms with van der Waals surface area (Å²) in [5.41, 5.74) is 5.01. The predicted molar refractivity (Wildman–Crippen MR) is 60.4 cm³/mol. The molecule has 2 N–H and O–H groups in total. The minimum atomic E-state index is -0.336. The number of hydrogen-bond acceptors (Lipinski definition) is 4. The molecule has 0 heterocycles. The molecule has 86 valence electrons. The fourth-order valence-electron chi connectivity index (χ4n) is 1.07. The second kappa shape index (κ2) is 8.37. The van der Waals surface area contributed by atoms with Crippen molar-refractivity contribution in [1.29, 1.82) is 0 Å². The van der Waals surface area contributed by atoms with E-state index in [1.54, 1.807) is 14.2 Å². The van der Waals surface area contributed by atoms with Crippen LogP contribution in [0.5, 0.6) is 0 Å². The Labute approximate surface area is 89.5 Å². The summed E-state index contributed by atoms with van der Waals surface area (Å²) in [4.78, 5) is 0. The summed E-state index contributed by atoms with van der Waals surface area (Å²) >= 11 is 0. The highest BCUT2D eigenvalue weighted by molar-refractivity contribution is 6.13. The highest BCUT2D eigenvalue weighted by atomic mass is 28.1. The number of hydrogen-bond donors (Lipinski definition) is 1. The molecule has 0 saturated carbocycles. The molecule has 14 heavy (non-hydrogen) atoms. The zero-order chi connectivity index (χ0) is 10.9. The Bertz CT molecular complexity index is 131. The SMILES string of the molecule is COC([SiH3])(CCCOCCCN)OC. The van der Waals surface area contributed by atoms with Crippen molar-refractivity contribution >= 4 is 10.2 Å². The van der Waals surface area contributed by atoms with Gasteiger partial charge in [0, 0.05) is 27.4 Å². The lowest BCUT2D eigenvalue weighted by Gasteiger charge is -2.26. The summed E-state index contributed by atoms with van der Waals surface area (Å²) in [7, 11) is 4.24. The van der Waals surface area contributed by atoms with Crippen LogP contribution in [0.15, 0.2) is 0 Å². The molecule has 0 fully saturated rings. The van der Waals surface area contributed by atoms with Gasteiger partial charge in [-0.2, -0.15) is 0 Å². The van der Waals surface area contributed by atoms with Gasteiger partial charge in [0.25, 0.3) is 0 Å². The maximum atomic E-state index is 5.38. The molecule has 0 aromatic carbocycles. The van der Waals surface area contributed by atoms with Gasteiger partial charge in [-0.1, -0.05) is 0 Å². The topological polar surface area (TPSA) is 53.7 Å². The highest BCUT2D eigenvalue weighted by Gasteiger charge is 2.20. The van der Waals surface area contributed by atoms with Gasteiger partial charge in [0.05, 0.1) is 10.2 Å². The van der Waals surface area contributed by atoms with Crippen LogP contribution in [-0.4, -0.2) is 49.6 Å². The molecule has 0 aliphatic heterocycles. The van der Waals surface area contributed by atoms with Gasteiger partial charge >= 0.3 is 0 Å². The van der Waals surface area contributed by atoms with Crippen LogP contribution in [-0.2, 0) is 14.2 Å². The summed E-state index contributed by atoms with van der Waals surface area (Å²) in [5.74, 6) is 0. The third-order valence-electron chi connectivity index (χ3n) is 2.28. The van der Waals surface area contributed by atoms with Crippen LogP contribution in [0.4, 0.5) is 0 Å². The molecule has 0 aliphatic carbocycles. The van der Waals surface area contributed by atoms with E-state index in [1.165, 1.54) is 0 Å². The van der Waals surface area contributed by atoms with Crippen molar-refractivity contribution in [3.8, 4) is 0 Å². The first-order valence-electron chi connectivity index (χ1n) is 5.06. The van der Waals surface area contributed by atoms with E-state index in [0.29, 0.717) is 6.54 Å². The van der Waals surface area contributed by atoms with E-state index in [9.17, 15) is 0 Å². The van der Waals surface area contributed by atoms with Crippen LogP contribution in [0.2, 0.25) is 0 Å². The van der Waals surface area contributed by atoms with E-state index in [2.05, 4.69) is 0 Å². The van der Waals surface area contributed by atoms with Gasteiger partial charge in [0.1, 0.15) is 5.41 Å². The van der Waals surface area contributed by atoms with Crippen LogP contribution in [0.1, 0.15) is 19.3 Å². The van der Waals surface area contributed by atoms with Gasteiger partial charge in [-0.25, -0.2) is 0 Å². The summed E-state index contributed by atoms with van der Waals surface area (Å²) in [6.45, 7) is 2.21. The quantitative estimate of drug-likeness (QED) is 0.322. The van der Waals surface area contributed by atoms with Crippen LogP contribution >= 0.6 is 0 Å². The minimum Gasteiger partial charge on any atom is -0.381 e. The van der Waals surface area contributed by atoms with E-state index >= 15 is 0 Å². The van der Waals surface area contributed by atoms with Crippen molar-refractivity contribution in [2.24, 2.45) is 5.73 Å². The lowest BCUT2D eigenvalue weighted by molar-refractivity contribution is -0.148. The normalized spacial score (nSPS) is 12.2. The van der Waals surface area contributed by atoms with Gasteiger partial charge in [-0.3, -0.25) is 0 Å². The van der Waals surface area contributed by atoms with Gasteiger partial charge in [0.15, 0.2) is 0 Å². The maximum Gasteiger partial charge on any atom is 0.140 e. The van der Waals surface area contributed by atoms with Crippen molar-refractivity contribution in [2.45, 2.75) is 24.7 Å². The Kier molecular flexibility index (Phi) is 8.41. The number of rotatable bonds is 9. The molecule has 0 aliphatic rings. The molecule has 0 unspecified atom stereocenters. The zero-order valence-corrected chi connectivity index (χ0v) is 11.5. The average Bonchev–Trinajstić information content (AvgIpc) is 2.23. The smallest absolute Gasteiger partial charge is 0.140 e. The molecule has 0 bridgehead atoms. The first kappa shape index (κ1) is 14.1. The van der Waals surface area contributed by atoms with E-state index in [1.807, 2.05) is 0 Å². The Morgan fingerprint density at radius 2 is 1.71 bits per heavy atom. The first-order valence-corrected chi connectivity index (χ1v) is 6.06. The van der Waals surface area contributed by atoms with Crippen molar-refractivity contribution in [3.05, 3.63) is 0 Å². The van der Waals surface area contributed by atoms with Crippen LogP contribution < -0.4 is 5.73 Å². The first-order chi connectivity index (χ1) is 6.68. The molecular weight excluding hydrogens is 198 g/mol. The maximum absolute atomic E-state index is 5.38. The molecule has 5 heteroatoms. The molecule has 0 aromatic rings. The minimum absolute atomic E-state index is 0.336. The largest absolute Gasteiger partial charge is 0.381 e. The summed E-state index contributed by atoms with van der Waals surface area (Å²) in [6, 6.07) is 0. The van der Waals surface area contributed by atoms with Crippen LogP contribution in [0, 0.1) is 0 Å². The predicted octanol–water partition coefficient (Wildman–Crippen LogP) is -0.556. The highest BCUT2D eigenvalue weighted by Crippen LogP contribution is 2.13. The number of ether oxygens (including phenoxy) is 3. The molecule has 0 atom stereocenters. The fraction of sp³-hybridized carbons (Fsp3) is 1.00. The van der Waals surface area contributed by atoms with Crippen LogP contribution in [0.25, 0.3) is 0 Å². The van der Waals surface area contributed by atoms with E-state index in [-0.39, 0.29) is 5.41 Å². The molecule has 4 nitrogen and oxygen atoms in total. The van der Waals surface area contributed by atoms with Gasteiger partial charge in [0.2, 0.25) is 0 Å². The van der Waals surface area contributed by atoms with Gasteiger partial charge in [-0.05, 0) is 25.8 Å². The summed E-state index contributed by atoms with van der Waals surface area (Å²) in [6.07, 6.45) is 2.80. The monoisotopic (exact) mass is 221 g/mol. The lowest BCUT2D eigenvalue weighted by Crippen LogP contribution is -2.34. The van der Waals surface area contributed by atoms with Crippen LogP contribution in [0.3, 0.4) is 0 Å². The molecule has 0 rings (SSSR count).